The Bertz CT molecular complexity index is 1290. The van der Waals surface area contributed by atoms with Crippen molar-refractivity contribution in [1.29, 1.82) is 0 Å². The van der Waals surface area contributed by atoms with Crippen molar-refractivity contribution in [3.8, 4) is 11.5 Å². The molecule has 3 rings (SSSR count). The largest absolute Gasteiger partial charge is 0.426 e. The molecule has 2 unspecified atom stereocenters. The molecule has 2 aromatic rings. The Hall–Kier alpha value is -3.50. The second-order valence-corrected chi connectivity index (χ2v) is 14.4. The molecule has 216 valence electrons. The minimum atomic E-state index is -2.32. The van der Waals surface area contributed by atoms with Crippen LogP contribution in [0.2, 0.25) is 0 Å². The van der Waals surface area contributed by atoms with E-state index in [2.05, 4.69) is 19.7 Å². The fourth-order valence-corrected chi connectivity index (χ4v) is 6.90. The Balaban J connectivity index is 1.73. The molecule has 18 heteroatoms. The predicted molar refractivity (Wildman–Crippen MR) is 148 cm³/mol. The first kappa shape index (κ1) is 31.0. The number of morpholine rings is 1. The highest BCUT2D eigenvalue weighted by Crippen LogP contribution is 2.53. The van der Waals surface area contributed by atoms with Crippen molar-refractivity contribution in [2.75, 3.05) is 45.3 Å². The Morgan fingerprint density at radius 1 is 1.12 bits per heavy atom. The summed E-state index contributed by atoms with van der Waals surface area (Å²) in [5, 5.41) is 20.0. The quantitative estimate of drug-likeness (QED) is 0.0834. The molecule has 0 aliphatic carbocycles. The van der Waals surface area contributed by atoms with Gasteiger partial charge in [0.15, 0.2) is 0 Å². The zero-order valence-corrected chi connectivity index (χ0v) is 23.6. The van der Waals surface area contributed by atoms with Crippen LogP contribution in [0, 0.1) is 20.2 Å². The summed E-state index contributed by atoms with van der Waals surface area (Å²) in [5.41, 5.74) is 0.363. The molecule has 40 heavy (non-hydrogen) atoms. The lowest BCUT2D eigenvalue weighted by Gasteiger charge is -2.34. The van der Waals surface area contributed by atoms with Gasteiger partial charge in [0, 0.05) is 31.1 Å². The van der Waals surface area contributed by atoms with Crippen LogP contribution in [0.4, 0.5) is 5.69 Å². The van der Waals surface area contributed by atoms with Crippen LogP contribution in [0.5, 0.6) is 11.5 Å². The lowest BCUT2D eigenvalue weighted by Crippen LogP contribution is -2.35. The molecule has 1 aliphatic rings. The number of nitrogens with one attached hydrogen (secondary N) is 1. The highest BCUT2D eigenvalue weighted by Gasteiger charge is 2.27. The van der Waals surface area contributed by atoms with E-state index in [0.29, 0.717) is 32.0 Å². The predicted octanol–water partition coefficient (Wildman–Crippen LogP) is 2.23. The van der Waals surface area contributed by atoms with Crippen molar-refractivity contribution in [2.45, 2.75) is 12.5 Å². The van der Waals surface area contributed by atoms with E-state index in [9.17, 15) is 29.8 Å². The van der Waals surface area contributed by atoms with Gasteiger partial charge in [0.1, 0.15) is 29.8 Å². The van der Waals surface area contributed by atoms with Gasteiger partial charge >= 0.3 is 11.9 Å². The molecule has 0 amide bonds. The maximum absolute atomic E-state index is 13.1. The van der Waals surface area contributed by atoms with Gasteiger partial charge in [-0.05, 0) is 42.5 Å². The van der Waals surface area contributed by atoms with Crippen molar-refractivity contribution >= 4 is 52.4 Å². The SMILES string of the molecule is CNc1ccc(OC(=O)CC(CO[N+](=O)[O-])O[N+](=O)[O-])c(C(=O)Oc2ccc(P(=S)(S)N3CCOCC3)cc2)c1. The number of carbonyl (C=O) groups excluding carboxylic acids is 2. The lowest BCUT2D eigenvalue weighted by atomic mass is 10.1. The normalized spacial score (nSPS) is 15.7. The molecule has 0 radical (unpaired) electrons. The fraction of sp³-hybridized carbons (Fsp3) is 0.364. The standard InChI is InChI=1S/C22H25N4O11PS2/c1-23-15-2-7-20(36-21(27)13-17(37-26(31)32)14-34-25(29)30)19(12-15)22(28)35-16-3-5-18(6-4-16)38(39,40)24-8-10-33-11-9-24/h2-7,12,17,23H,8-11,13-14H2,1H3,(H,39,40). The minimum absolute atomic E-state index is 0.134. The zero-order chi connectivity index (χ0) is 29.3. The number of thiol groups is 1. The van der Waals surface area contributed by atoms with E-state index in [1.54, 1.807) is 31.3 Å². The second-order valence-electron chi connectivity index (χ2n) is 8.10. The molecular weight excluding hydrogens is 591 g/mol. The van der Waals surface area contributed by atoms with Crippen LogP contribution in [0.3, 0.4) is 0 Å². The van der Waals surface area contributed by atoms with Crippen molar-refractivity contribution in [3.63, 3.8) is 0 Å². The highest BCUT2D eigenvalue weighted by molar-refractivity contribution is 8.65. The first-order chi connectivity index (χ1) is 19.0. The van der Waals surface area contributed by atoms with Gasteiger partial charge in [-0.25, -0.2) is 4.79 Å². The average molecular weight is 617 g/mol. The molecular formula is C22H25N4O11PS2. The van der Waals surface area contributed by atoms with E-state index in [0.717, 1.165) is 5.30 Å². The van der Waals surface area contributed by atoms with Crippen LogP contribution in [-0.4, -0.2) is 72.8 Å². The molecule has 1 N–H and O–H groups in total. The van der Waals surface area contributed by atoms with Gasteiger partial charge in [0.05, 0.1) is 25.0 Å². The van der Waals surface area contributed by atoms with Crippen molar-refractivity contribution in [2.24, 2.45) is 0 Å². The van der Waals surface area contributed by atoms with E-state index in [-0.39, 0.29) is 17.1 Å². The smallest absolute Gasteiger partial charge is 0.347 e. The molecule has 2 atom stereocenters. The Labute approximate surface area is 238 Å². The number of esters is 2. The molecule has 1 fully saturated rings. The lowest BCUT2D eigenvalue weighted by molar-refractivity contribution is -0.789. The zero-order valence-electron chi connectivity index (χ0n) is 21.0. The van der Waals surface area contributed by atoms with Gasteiger partial charge < -0.3 is 29.2 Å². The topological polar surface area (TPSA) is 182 Å². The van der Waals surface area contributed by atoms with E-state index < -0.39 is 46.6 Å². The Morgan fingerprint density at radius 3 is 2.40 bits per heavy atom. The van der Waals surface area contributed by atoms with Gasteiger partial charge in [0.25, 0.3) is 10.2 Å². The third kappa shape index (κ3) is 8.76. The highest BCUT2D eigenvalue weighted by atomic mass is 32.9. The molecule has 1 heterocycles. The van der Waals surface area contributed by atoms with Gasteiger partial charge in [-0.1, -0.05) is 11.8 Å². The van der Waals surface area contributed by atoms with Gasteiger partial charge in [-0.15, -0.1) is 32.5 Å². The third-order valence-electron chi connectivity index (χ3n) is 5.46. The number of rotatable bonds is 13. The van der Waals surface area contributed by atoms with Gasteiger partial charge in [-0.3, -0.25) is 9.46 Å². The maximum atomic E-state index is 13.1. The Morgan fingerprint density at radius 2 is 1.80 bits per heavy atom. The van der Waals surface area contributed by atoms with Crippen LogP contribution in [0.25, 0.3) is 0 Å². The number of hydrogen-bond donors (Lipinski definition) is 2. The summed E-state index contributed by atoms with van der Waals surface area (Å²) in [6.45, 7) is 1.59. The van der Waals surface area contributed by atoms with Crippen molar-refractivity contribution in [1.82, 2.24) is 4.67 Å². The summed E-state index contributed by atoms with van der Waals surface area (Å²) in [5.74, 6) is -1.95. The molecule has 0 bridgehead atoms. The van der Waals surface area contributed by atoms with Crippen LogP contribution in [-0.2, 0) is 31.0 Å². The Kier molecular flexibility index (Phi) is 11.0. The second kappa shape index (κ2) is 14.2. The van der Waals surface area contributed by atoms with Crippen LogP contribution < -0.4 is 20.1 Å². The molecule has 15 nitrogen and oxygen atoms in total. The molecule has 0 aromatic heterocycles. The number of carbonyl (C=O) groups is 2. The van der Waals surface area contributed by atoms with E-state index in [1.807, 2.05) is 0 Å². The summed E-state index contributed by atoms with van der Waals surface area (Å²) >= 11 is 10.6. The maximum Gasteiger partial charge on any atom is 0.347 e. The summed E-state index contributed by atoms with van der Waals surface area (Å²) in [6, 6.07) is 10.8. The number of anilines is 1. The summed E-state index contributed by atoms with van der Waals surface area (Å²) < 4.78 is 18.2. The van der Waals surface area contributed by atoms with Crippen LogP contribution in [0.1, 0.15) is 16.8 Å². The van der Waals surface area contributed by atoms with E-state index >= 15 is 0 Å². The van der Waals surface area contributed by atoms with E-state index in [1.165, 1.54) is 18.2 Å². The number of ether oxygens (including phenoxy) is 3. The number of hydrogen-bond acceptors (Lipinski definition) is 13. The summed E-state index contributed by atoms with van der Waals surface area (Å²) in [7, 11) is 1.61. The van der Waals surface area contributed by atoms with Gasteiger partial charge in [0.2, 0.25) is 0 Å². The molecule has 2 aromatic carbocycles. The van der Waals surface area contributed by atoms with Crippen LogP contribution in [0.15, 0.2) is 42.5 Å². The number of nitrogens with zero attached hydrogens (tertiary/aromatic N) is 3. The number of benzene rings is 2. The first-order valence-electron chi connectivity index (χ1n) is 11.6. The average Bonchev–Trinajstić information content (AvgIpc) is 2.92. The van der Waals surface area contributed by atoms with Crippen molar-refractivity contribution in [3.05, 3.63) is 68.3 Å². The minimum Gasteiger partial charge on any atom is -0.426 e. The summed E-state index contributed by atoms with van der Waals surface area (Å²) in [6.07, 6.45) is -2.40. The molecule has 0 saturated carbocycles. The monoisotopic (exact) mass is 616 g/mol. The first-order valence-corrected chi connectivity index (χ1v) is 15.5. The molecule has 0 spiro atoms. The summed E-state index contributed by atoms with van der Waals surface area (Å²) in [4.78, 5) is 54.9. The fourth-order valence-electron chi connectivity index (χ4n) is 3.54. The molecule has 1 aliphatic heterocycles. The van der Waals surface area contributed by atoms with Crippen LogP contribution >= 0.6 is 17.6 Å². The van der Waals surface area contributed by atoms with Gasteiger partial charge in [-0.2, -0.15) is 0 Å². The molecule has 1 saturated heterocycles. The van der Waals surface area contributed by atoms with E-state index in [4.69, 9.17) is 38.3 Å². The third-order valence-corrected chi connectivity index (χ3v) is 10.4. The van der Waals surface area contributed by atoms with Crippen molar-refractivity contribution < 1.29 is 43.6 Å².